The predicted octanol–water partition coefficient (Wildman–Crippen LogP) is 14.1. The van der Waals surface area contributed by atoms with Gasteiger partial charge in [0.25, 0.3) is 0 Å². The maximum atomic E-state index is 6.73. The summed E-state index contributed by atoms with van der Waals surface area (Å²) in [5, 5.41) is 8.11. The number of hydrogen-bond acceptors (Lipinski definition) is 4. The highest BCUT2D eigenvalue weighted by atomic mass is 16.3. The van der Waals surface area contributed by atoms with E-state index in [1.165, 1.54) is 32.8 Å². The lowest BCUT2D eigenvalue weighted by molar-refractivity contribution is 0.627. The Balaban J connectivity index is 1.16. The zero-order chi connectivity index (χ0) is 40.8. The minimum atomic E-state index is 0.565. The van der Waals surface area contributed by atoms with E-state index < -0.39 is 0 Å². The van der Waals surface area contributed by atoms with Gasteiger partial charge in [0.1, 0.15) is 11.3 Å². The van der Waals surface area contributed by atoms with Gasteiger partial charge < -0.3 is 8.98 Å². The highest BCUT2D eigenvalue weighted by Crippen LogP contribution is 2.43. The lowest BCUT2D eigenvalue weighted by atomic mass is 10.0. The average molecular weight is 786 g/mol. The SMILES string of the molecule is CCc1c(-c2ccc3ccccc3c2)oc2ccc(-n3c4ccccc4c4ccc5c6ccccc6n(-c6nc(-c7ccc(C)cc7)nc(-c7ccc(C)cc7)n6)c5c43)cc12. The number of aromatic nitrogens is 5. The molecule has 6 heteroatoms. The molecule has 0 unspecified atom stereocenters. The Labute approximate surface area is 352 Å². The van der Waals surface area contributed by atoms with Gasteiger partial charge in [-0.3, -0.25) is 4.57 Å². The van der Waals surface area contributed by atoms with Crippen LogP contribution in [0.1, 0.15) is 23.6 Å². The summed E-state index contributed by atoms with van der Waals surface area (Å²) >= 11 is 0. The van der Waals surface area contributed by atoms with Crippen molar-refractivity contribution in [3.05, 3.63) is 187 Å². The number of fused-ring (bicyclic) bond motifs is 9. The zero-order valence-electron chi connectivity index (χ0n) is 34.0. The topological polar surface area (TPSA) is 61.7 Å². The Morgan fingerprint density at radius 3 is 1.66 bits per heavy atom. The molecule has 0 saturated heterocycles. The molecular formula is C55H39N5O. The van der Waals surface area contributed by atoms with Crippen LogP contribution in [-0.2, 0) is 6.42 Å². The van der Waals surface area contributed by atoms with Crippen LogP contribution >= 0.6 is 0 Å². The van der Waals surface area contributed by atoms with Gasteiger partial charge in [-0.1, -0.05) is 152 Å². The summed E-state index contributed by atoms with van der Waals surface area (Å²) < 4.78 is 11.4. The molecule has 0 saturated carbocycles. The molecule has 0 aliphatic rings. The fraction of sp³-hybridized carbons (Fsp3) is 0.0727. The summed E-state index contributed by atoms with van der Waals surface area (Å²) in [6.07, 6.45) is 0.830. The van der Waals surface area contributed by atoms with Crippen molar-refractivity contribution in [2.24, 2.45) is 0 Å². The highest BCUT2D eigenvalue weighted by Gasteiger charge is 2.24. The molecule has 0 aliphatic heterocycles. The fourth-order valence-electron chi connectivity index (χ4n) is 9.30. The molecule has 0 amide bonds. The van der Waals surface area contributed by atoms with Crippen LogP contribution in [-0.4, -0.2) is 24.1 Å². The maximum Gasteiger partial charge on any atom is 0.238 e. The van der Waals surface area contributed by atoms with Crippen molar-refractivity contribution in [1.29, 1.82) is 0 Å². The number of furan rings is 1. The van der Waals surface area contributed by atoms with E-state index in [9.17, 15) is 0 Å². The quantitative estimate of drug-likeness (QED) is 0.168. The van der Waals surface area contributed by atoms with E-state index in [1.807, 2.05) is 0 Å². The van der Waals surface area contributed by atoms with Gasteiger partial charge >= 0.3 is 0 Å². The fourth-order valence-corrected chi connectivity index (χ4v) is 9.30. The molecule has 4 aromatic heterocycles. The standard InChI is InChI=1S/C55H39N5O/c1-4-41-46-32-40(27-30-49(46)61-52(41)39-26-25-35-11-5-6-12-38(35)31-39)59-47-15-9-7-13-42(47)44-28-29-45-43-14-8-10-16-48(43)60(51(45)50(44)59)55-57-53(36-21-17-33(2)18-22-36)56-54(58-55)37-23-19-34(3)20-24-37/h5-32H,4H2,1-3H3. The third kappa shape index (κ3) is 5.52. The summed E-state index contributed by atoms with van der Waals surface area (Å²) in [7, 11) is 0. The first kappa shape index (κ1) is 35.1. The lowest BCUT2D eigenvalue weighted by Gasteiger charge is -2.13. The van der Waals surface area contributed by atoms with Crippen LogP contribution in [0.2, 0.25) is 0 Å². The van der Waals surface area contributed by atoms with E-state index in [-0.39, 0.29) is 0 Å². The molecule has 6 nitrogen and oxygen atoms in total. The summed E-state index contributed by atoms with van der Waals surface area (Å²) in [6, 6.07) is 60.4. The molecule has 0 N–H and O–H groups in total. The molecule has 12 rings (SSSR count). The van der Waals surface area contributed by atoms with Crippen molar-refractivity contribution in [3.63, 3.8) is 0 Å². The van der Waals surface area contributed by atoms with E-state index >= 15 is 0 Å². The number of aryl methyl sites for hydroxylation is 3. The van der Waals surface area contributed by atoms with Crippen LogP contribution in [0.4, 0.5) is 0 Å². The molecule has 0 radical (unpaired) electrons. The normalized spacial score (nSPS) is 11.9. The number of benzene rings is 8. The van der Waals surface area contributed by atoms with E-state index in [2.05, 4.69) is 200 Å². The van der Waals surface area contributed by atoms with E-state index in [0.29, 0.717) is 17.6 Å². The second-order valence-corrected chi connectivity index (χ2v) is 16.1. The van der Waals surface area contributed by atoms with Gasteiger partial charge in [0, 0.05) is 54.9 Å². The van der Waals surface area contributed by atoms with Gasteiger partial charge in [-0.15, -0.1) is 0 Å². The molecule has 0 aliphatic carbocycles. The van der Waals surface area contributed by atoms with Crippen molar-refractivity contribution in [2.45, 2.75) is 27.2 Å². The van der Waals surface area contributed by atoms with Crippen LogP contribution < -0.4 is 0 Å². The molecule has 290 valence electrons. The van der Waals surface area contributed by atoms with Crippen LogP contribution in [0.5, 0.6) is 0 Å². The Morgan fingerprint density at radius 2 is 1.02 bits per heavy atom. The van der Waals surface area contributed by atoms with Crippen molar-refractivity contribution in [3.8, 4) is 45.7 Å². The lowest BCUT2D eigenvalue weighted by Crippen LogP contribution is -2.07. The zero-order valence-corrected chi connectivity index (χ0v) is 34.0. The first-order chi connectivity index (χ1) is 30.0. The minimum Gasteiger partial charge on any atom is -0.456 e. The molecule has 4 heterocycles. The maximum absolute atomic E-state index is 6.73. The van der Waals surface area contributed by atoms with E-state index in [4.69, 9.17) is 19.4 Å². The van der Waals surface area contributed by atoms with Gasteiger partial charge in [-0.05, 0) is 67.4 Å². The molecule has 8 aromatic carbocycles. The Morgan fingerprint density at radius 1 is 0.459 bits per heavy atom. The Hall–Kier alpha value is -7.83. The summed E-state index contributed by atoms with van der Waals surface area (Å²) in [6.45, 7) is 6.41. The second-order valence-electron chi connectivity index (χ2n) is 16.1. The summed E-state index contributed by atoms with van der Waals surface area (Å²) in [4.78, 5) is 15.7. The molecule has 0 atom stereocenters. The number of hydrogen-bond donors (Lipinski definition) is 0. The number of rotatable bonds is 6. The molecule has 0 spiro atoms. The van der Waals surface area contributed by atoms with Crippen LogP contribution in [0, 0.1) is 13.8 Å². The van der Waals surface area contributed by atoms with Gasteiger partial charge in [0.2, 0.25) is 5.95 Å². The molecular weight excluding hydrogens is 747 g/mol. The smallest absolute Gasteiger partial charge is 0.238 e. The van der Waals surface area contributed by atoms with E-state index in [0.717, 1.165) is 83.8 Å². The summed E-state index contributed by atoms with van der Waals surface area (Å²) in [5.41, 5.74) is 12.7. The third-order valence-corrected chi connectivity index (χ3v) is 12.3. The van der Waals surface area contributed by atoms with Crippen molar-refractivity contribution >= 4 is 65.4 Å². The van der Waals surface area contributed by atoms with Crippen LogP contribution in [0.3, 0.4) is 0 Å². The number of nitrogens with zero attached hydrogens (tertiary/aromatic N) is 5. The summed E-state index contributed by atoms with van der Waals surface area (Å²) in [5.74, 6) is 2.74. The first-order valence-electron chi connectivity index (χ1n) is 20.9. The predicted molar refractivity (Wildman–Crippen MR) is 251 cm³/mol. The highest BCUT2D eigenvalue weighted by molar-refractivity contribution is 6.23. The monoisotopic (exact) mass is 785 g/mol. The van der Waals surface area contributed by atoms with Gasteiger partial charge in [-0.25, -0.2) is 4.98 Å². The largest absolute Gasteiger partial charge is 0.456 e. The van der Waals surface area contributed by atoms with Crippen LogP contribution in [0.15, 0.2) is 174 Å². The number of para-hydroxylation sites is 2. The van der Waals surface area contributed by atoms with Crippen molar-refractivity contribution in [2.75, 3.05) is 0 Å². The molecule has 0 bridgehead atoms. The molecule has 61 heavy (non-hydrogen) atoms. The van der Waals surface area contributed by atoms with Crippen LogP contribution in [0.25, 0.3) is 111 Å². The Bertz CT molecular complexity index is 3640. The minimum absolute atomic E-state index is 0.565. The first-order valence-corrected chi connectivity index (χ1v) is 20.9. The van der Waals surface area contributed by atoms with Crippen molar-refractivity contribution in [1.82, 2.24) is 24.1 Å². The van der Waals surface area contributed by atoms with Gasteiger partial charge in [-0.2, -0.15) is 9.97 Å². The second kappa shape index (κ2) is 13.6. The average Bonchev–Trinajstić information content (AvgIpc) is 3.96. The van der Waals surface area contributed by atoms with Gasteiger partial charge in [0.15, 0.2) is 11.6 Å². The van der Waals surface area contributed by atoms with Gasteiger partial charge in [0.05, 0.1) is 22.1 Å². The molecule has 0 fully saturated rings. The Kier molecular flexibility index (Phi) is 7.84. The third-order valence-electron chi connectivity index (χ3n) is 12.3. The van der Waals surface area contributed by atoms with E-state index in [1.54, 1.807) is 0 Å². The molecule has 12 aromatic rings. The van der Waals surface area contributed by atoms with Crippen molar-refractivity contribution < 1.29 is 4.42 Å².